The molecular formula is C2FNOS. The highest BCUT2D eigenvalue weighted by atomic mass is 32.1. The van der Waals surface area contributed by atoms with Gasteiger partial charge in [-0.15, -0.1) is 9.38 Å². The van der Waals surface area contributed by atoms with Crippen molar-refractivity contribution in [2.45, 2.75) is 0 Å². The summed E-state index contributed by atoms with van der Waals surface area (Å²) in [7, 11) is 0. The molecule has 1 amide bonds. The van der Waals surface area contributed by atoms with E-state index in [4.69, 9.17) is 4.79 Å². The van der Waals surface area contributed by atoms with Crippen LogP contribution in [0, 0.1) is 0 Å². The smallest absolute Gasteiger partial charge is 0.231 e. The van der Waals surface area contributed by atoms with E-state index in [1.54, 1.807) is 5.16 Å². The molecule has 0 heterocycles. The molecule has 0 N–H and O–H groups in total. The van der Waals surface area contributed by atoms with E-state index in [1.165, 1.54) is 0 Å². The fraction of sp³-hybridized carbons (Fsp3) is 0. The van der Waals surface area contributed by atoms with Gasteiger partial charge in [-0.2, -0.15) is 0 Å². The third kappa shape index (κ3) is 3.40. The van der Waals surface area contributed by atoms with Crippen LogP contribution >= 0.6 is 12.2 Å². The van der Waals surface area contributed by atoms with Gasteiger partial charge in [0.1, 0.15) is 0 Å². The average Bonchev–Trinajstić information content (AvgIpc) is 1.35. The van der Waals surface area contributed by atoms with Gasteiger partial charge in [-0.05, 0) is 12.2 Å². The lowest BCUT2D eigenvalue weighted by atomic mass is 11.3. The number of nitrogens with zero attached hydrogens (tertiary/aromatic N) is 1. The molecule has 0 aliphatic rings. The van der Waals surface area contributed by atoms with E-state index >= 15 is 0 Å². The van der Waals surface area contributed by atoms with Crippen molar-refractivity contribution in [2.75, 3.05) is 0 Å². The molecular weight excluding hydrogens is 105 g/mol. The van der Waals surface area contributed by atoms with Crippen LogP contribution in [0.3, 0.4) is 0 Å². The Labute approximate surface area is 38.7 Å². The summed E-state index contributed by atoms with van der Waals surface area (Å²) >= 11 is 3.85. The molecule has 0 unspecified atom stereocenters. The second-order valence-electron chi connectivity index (χ2n) is 0.456. The predicted molar refractivity (Wildman–Crippen MR) is 21.5 cm³/mol. The fourth-order valence-corrected chi connectivity index (χ4v) is 0.108. The van der Waals surface area contributed by atoms with Crippen molar-refractivity contribution in [3.05, 3.63) is 0 Å². The first-order chi connectivity index (χ1) is 2.77. The largest absolute Gasteiger partial charge is 0.432 e. The summed E-state index contributed by atoms with van der Waals surface area (Å²) in [5, 5.41) is 1.55. The van der Waals surface area contributed by atoms with Crippen LogP contribution in [0.4, 0.5) is 9.18 Å². The number of hydrogen-bond donors (Lipinski definition) is 0. The second kappa shape index (κ2) is 2.63. The number of amides is 1. The first kappa shape index (κ1) is 5.40. The lowest BCUT2D eigenvalue weighted by Crippen LogP contribution is -1.68. The Hall–Kier alpha value is -0.600. The quantitative estimate of drug-likeness (QED) is 0.200. The molecule has 0 saturated carbocycles. The fourth-order valence-electron chi connectivity index (χ4n) is 0.0359. The maximum absolute atomic E-state index is 10.8. The highest BCUT2D eigenvalue weighted by molar-refractivity contribution is 7.78. The van der Waals surface area contributed by atoms with Crippen molar-refractivity contribution in [3.63, 3.8) is 0 Å². The van der Waals surface area contributed by atoms with Gasteiger partial charge in [-0.25, -0.2) is 4.79 Å². The zero-order valence-electron chi connectivity index (χ0n) is 2.64. The van der Waals surface area contributed by atoms with Gasteiger partial charge in [-0.1, -0.05) is 0 Å². The zero-order valence-corrected chi connectivity index (χ0v) is 3.46. The summed E-state index contributed by atoms with van der Waals surface area (Å²) in [5.41, 5.74) is 0. The van der Waals surface area contributed by atoms with Gasteiger partial charge in [-0.3, -0.25) is 0 Å². The number of hydrogen-bond acceptors (Lipinski definition) is 2. The Morgan fingerprint density at radius 2 is 2.50 bits per heavy atom. The zero-order chi connectivity index (χ0) is 4.99. The molecule has 32 valence electrons. The summed E-state index contributed by atoms with van der Waals surface area (Å²) < 4.78 is 10.8. The van der Waals surface area contributed by atoms with Gasteiger partial charge in [0.2, 0.25) is 0 Å². The van der Waals surface area contributed by atoms with Gasteiger partial charge in [0, 0.05) is 0 Å². The molecule has 4 heteroatoms. The van der Waals surface area contributed by atoms with Crippen LogP contribution in [-0.2, 0) is 0 Å². The monoisotopic (exact) mass is 105 g/mol. The molecule has 0 aromatic heterocycles. The van der Waals surface area contributed by atoms with Gasteiger partial charge in [0.25, 0.3) is 0 Å². The summed E-state index contributed by atoms with van der Waals surface area (Å²) in [5.74, 6) is 0. The predicted octanol–water partition coefficient (Wildman–Crippen LogP) is 1.18. The first-order valence-electron chi connectivity index (χ1n) is 1.04. The van der Waals surface area contributed by atoms with E-state index in [-0.39, 0.29) is 0 Å². The minimum absolute atomic E-state index is 1.55. The Morgan fingerprint density at radius 1 is 2.00 bits per heavy atom. The number of carbonyl (C=O) groups excluding carboxylic acids is 1. The standard InChI is InChI=1S/C2FNOS/c3-2(5)4-1-6. The maximum Gasteiger partial charge on any atom is 0.432 e. The average molecular weight is 105 g/mol. The highest BCUT2D eigenvalue weighted by Crippen LogP contribution is 1.72. The van der Waals surface area contributed by atoms with Gasteiger partial charge in [0.05, 0.1) is 5.16 Å². The van der Waals surface area contributed by atoms with E-state index in [2.05, 4.69) is 17.2 Å². The van der Waals surface area contributed by atoms with Crippen LogP contribution in [-0.4, -0.2) is 11.3 Å². The number of rotatable bonds is 0. The van der Waals surface area contributed by atoms with Crippen molar-refractivity contribution in [1.29, 1.82) is 0 Å². The van der Waals surface area contributed by atoms with Crippen molar-refractivity contribution in [2.24, 2.45) is 4.99 Å². The summed E-state index contributed by atoms with van der Waals surface area (Å²) in [4.78, 5) is 11.5. The molecule has 2 nitrogen and oxygen atoms in total. The highest BCUT2D eigenvalue weighted by Gasteiger charge is 1.82. The number of carbonyl (C=O) groups is 1. The van der Waals surface area contributed by atoms with E-state index in [0.717, 1.165) is 0 Å². The lowest BCUT2D eigenvalue weighted by Gasteiger charge is -1.57. The second-order valence-corrected chi connectivity index (χ2v) is 0.639. The molecule has 0 fully saturated rings. The third-order valence-corrected chi connectivity index (χ3v) is 0.225. The molecule has 0 spiro atoms. The molecule has 0 saturated heterocycles. The molecule has 0 aromatic rings. The normalized spacial score (nSPS) is 6.17. The molecule has 0 bridgehead atoms. The molecule has 0 atom stereocenters. The molecule has 0 rings (SSSR count). The van der Waals surface area contributed by atoms with E-state index in [9.17, 15) is 4.39 Å². The van der Waals surface area contributed by atoms with E-state index in [0.29, 0.717) is 0 Å². The Balaban J connectivity index is 3.60. The molecule has 0 radical (unpaired) electrons. The lowest BCUT2D eigenvalue weighted by molar-refractivity contribution is 0.231. The number of halogens is 1. The third-order valence-electron chi connectivity index (χ3n) is 0.134. The van der Waals surface area contributed by atoms with Crippen LogP contribution in [0.1, 0.15) is 0 Å². The maximum atomic E-state index is 10.8. The van der Waals surface area contributed by atoms with Gasteiger partial charge >= 0.3 is 6.16 Å². The van der Waals surface area contributed by atoms with Crippen molar-refractivity contribution in [3.8, 4) is 0 Å². The Bertz CT molecular complexity index is 106. The molecule has 6 heavy (non-hydrogen) atoms. The Kier molecular flexibility index (Phi) is 2.36. The van der Waals surface area contributed by atoms with Crippen LogP contribution in [0.15, 0.2) is 4.99 Å². The van der Waals surface area contributed by atoms with Crippen LogP contribution in [0.2, 0.25) is 0 Å². The molecule has 0 aromatic carbocycles. The van der Waals surface area contributed by atoms with Gasteiger partial charge < -0.3 is 0 Å². The minimum atomic E-state index is -1.80. The van der Waals surface area contributed by atoms with Crippen LogP contribution in [0.25, 0.3) is 0 Å². The number of isothiocyanates is 1. The summed E-state index contributed by atoms with van der Waals surface area (Å²) in [6, 6.07) is 0. The Morgan fingerprint density at radius 3 is 2.50 bits per heavy atom. The number of aliphatic imine (C=N–C) groups is 1. The van der Waals surface area contributed by atoms with Crippen molar-refractivity contribution < 1.29 is 9.18 Å². The topological polar surface area (TPSA) is 29.4 Å². The SMILES string of the molecule is O=C(F)N=C=S. The first-order valence-corrected chi connectivity index (χ1v) is 1.45. The summed E-state index contributed by atoms with van der Waals surface area (Å²) in [6.07, 6.45) is -1.80. The van der Waals surface area contributed by atoms with Crippen molar-refractivity contribution >= 4 is 23.5 Å². The minimum Gasteiger partial charge on any atom is -0.231 e. The molecule has 0 aliphatic heterocycles. The molecule has 0 aliphatic carbocycles. The van der Waals surface area contributed by atoms with Gasteiger partial charge in [0.15, 0.2) is 0 Å². The van der Waals surface area contributed by atoms with Crippen LogP contribution < -0.4 is 0 Å². The summed E-state index contributed by atoms with van der Waals surface area (Å²) in [6.45, 7) is 0. The van der Waals surface area contributed by atoms with E-state index < -0.39 is 6.16 Å². The van der Waals surface area contributed by atoms with E-state index in [1.807, 2.05) is 0 Å². The van der Waals surface area contributed by atoms with Crippen LogP contribution in [0.5, 0.6) is 0 Å². The number of thiocarbonyl (C=S) groups is 1. The van der Waals surface area contributed by atoms with Crippen molar-refractivity contribution in [1.82, 2.24) is 0 Å².